The summed E-state index contributed by atoms with van der Waals surface area (Å²) < 4.78 is 4.98. The van der Waals surface area contributed by atoms with Gasteiger partial charge in [-0.1, -0.05) is 293 Å². The molecule has 17 rings (SSSR count). The summed E-state index contributed by atoms with van der Waals surface area (Å²) in [6, 6.07) is 87.1. The van der Waals surface area contributed by atoms with Crippen LogP contribution in [-0.4, -0.2) is 35.8 Å². The highest BCUT2D eigenvalue weighted by atomic mass is 15.2. The Bertz CT molecular complexity index is 6570. The molecule has 125 heavy (non-hydrogen) atoms. The van der Waals surface area contributed by atoms with Crippen LogP contribution in [0.1, 0.15) is 270 Å². The molecule has 0 amide bonds. The van der Waals surface area contributed by atoms with Crippen LogP contribution in [0.2, 0.25) is 0 Å². The van der Waals surface area contributed by atoms with Crippen molar-refractivity contribution in [2.24, 2.45) is 0 Å². The number of rotatable bonds is 8. The van der Waals surface area contributed by atoms with Gasteiger partial charge in [-0.05, 0) is 194 Å². The smallest absolute Gasteiger partial charge is 0.252 e. The Morgan fingerprint density at radius 2 is 0.544 bits per heavy atom. The van der Waals surface area contributed by atoms with Crippen LogP contribution in [0, 0.1) is 11.3 Å². The lowest BCUT2D eigenvalue weighted by molar-refractivity contribution is 0.531. The zero-order chi connectivity index (χ0) is 89.8. The Kier molecular flexibility index (Phi) is 20.0. The maximum atomic E-state index is 10.6. The number of nitrogens with zero attached hydrogens (tertiary/aromatic N) is 9. The second kappa shape index (κ2) is 29.2. The molecule has 8 heterocycles. The van der Waals surface area contributed by atoms with Crippen molar-refractivity contribution >= 4 is 101 Å². The van der Waals surface area contributed by atoms with E-state index >= 15 is 0 Å². The summed E-state index contributed by atoms with van der Waals surface area (Å²) in [5.74, 6) is 0. The van der Waals surface area contributed by atoms with Gasteiger partial charge in [0.05, 0.1) is 45.1 Å². The molecule has 0 atom stereocenters. The van der Waals surface area contributed by atoms with Gasteiger partial charge in [-0.2, -0.15) is 5.26 Å². The van der Waals surface area contributed by atoms with E-state index in [0.29, 0.717) is 5.56 Å². The highest BCUT2D eigenvalue weighted by Gasteiger charge is 2.47. The molecule has 9 aromatic carbocycles. The zero-order valence-electron chi connectivity index (χ0n) is 79.9. The Balaban J connectivity index is 1.08. The molecule has 0 unspecified atom stereocenters. The number of benzene rings is 9. The molecule has 0 spiro atoms. The van der Waals surface area contributed by atoms with Crippen molar-refractivity contribution in [1.29, 1.82) is 5.26 Å². The maximum absolute atomic E-state index is 10.6. The number of aromatic nitrogens is 6. The lowest BCUT2D eigenvalue weighted by Gasteiger charge is -2.45. The quantitative estimate of drug-likeness (QED) is 0.140. The first kappa shape index (κ1) is 85.5. The molecule has 6 aromatic heterocycles. The van der Waals surface area contributed by atoms with Crippen molar-refractivity contribution in [3.8, 4) is 62.0 Å². The summed E-state index contributed by atoms with van der Waals surface area (Å²) in [5, 5.41) is 15.2. The van der Waals surface area contributed by atoms with Gasteiger partial charge >= 0.3 is 0 Å². The molecule has 634 valence electrons. The van der Waals surface area contributed by atoms with Gasteiger partial charge in [0.1, 0.15) is 0 Å². The van der Waals surface area contributed by atoms with Gasteiger partial charge in [0.2, 0.25) is 0 Å². The minimum absolute atomic E-state index is 0.100. The summed E-state index contributed by atoms with van der Waals surface area (Å²) in [5.41, 5.74) is 33.7. The number of anilines is 6. The third-order valence-corrected chi connectivity index (χ3v) is 26.0. The van der Waals surface area contributed by atoms with Crippen LogP contribution in [0.25, 0.3) is 99.5 Å². The van der Waals surface area contributed by atoms with E-state index in [2.05, 4.69) is 445 Å². The molecule has 0 fully saturated rings. The van der Waals surface area contributed by atoms with Crippen molar-refractivity contribution in [2.75, 3.05) is 9.80 Å². The van der Waals surface area contributed by atoms with E-state index in [4.69, 9.17) is 19.9 Å². The molecule has 0 N–H and O–H groups in total. The van der Waals surface area contributed by atoms with E-state index in [1.165, 1.54) is 32.8 Å². The molecule has 0 saturated heterocycles. The standard InChI is InChI=1S/C115H126BN9/c1-106(2,3)73-45-52-89-83(63-73)84-64-74(107(4,5)6)46-53-90(84)123(89)76-48-50-86-94(66-76)125(105-79(71-59-99(112(19,20)21)120-100(60-71)113(22,23)24)39-34-40-80(105)72-61-101(114(25,26)27)121-102(62-72)115(28,29)30)92-43-35-42-91-103(92)116(86)85-49-47-75(122-87-41-32-31-36-81(87)82-54-68(67-117)44-51-88(82)122)65-93(85)124(91)104-77(69-55-95(108(7,8)9)118-96(56-69)109(10,11)12)37-33-38-78(104)70-57-97(110(13,14)15)119-98(58-70)111(16,17)18/h31-66H,1-30H3. The monoisotopic (exact) mass is 1640 g/mol. The van der Waals surface area contributed by atoms with Crippen molar-refractivity contribution in [1.82, 2.24) is 29.1 Å². The normalized spacial score (nSPS) is 13.8. The minimum atomic E-state index is -0.352. The topological polar surface area (TPSA) is 91.7 Å². The van der Waals surface area contributed by atoms with E-state index in [1.807, 2.05) is 6.07 Å². The van der Waals surface area contributed by atoms with Gasteiger partial charge in [0.25, 0.3) is 6.71 Å². The van der Waals surface area contributed by atoms with Gasteiger partial charge in [-0.15, -0.1) is 0 Å². The Labute approximate surface area is 744 Å². The van der Waals surface area contributed by atoms with Gasteiger partial charge in [0.15, 0.2) is 0 Å². The molecule has 0 bridgehead atoms. The van der Waals surface area contributed by atoms with Crippen molar-refractivity contribution < 1.29 is 0 Å². The molecule has 0 radical (unpaired) electrons. The molecule has 0 saturated carbocycles. The molecule has 2 aliphatic rings. The van der Waals surface area contributed by atoms with Crippen LogP contribution in [0.4, 0.5) is 34.1 Å². The molecule has 0 aliphatic carbocycles. The minimum Gasteiger partial charge on any atom is -0.310 e. The third-order valence-electron chi connectivity index (χ3n) is 26.0. The molecule has 10 heteroatoms. The SMILES string of the molecule is CC(C)(C)c1ccc2c(c1)c1cc(C(C)(C)C)ccc1n2-c1ccc2c(c1)N(c1c(-c3cc(C(C)(C)C)nc(C(C)(C)C)c3)cccc1-c1cc(C(C)(C)C)nc(C(C)(C)C)c1)c1cccc3c1B2c1ccc(-n2c4ccccc4c4cc(C#N)ccc42)cc1N3c1c(-c2cc(C(C)(C)C)nc(C(C)(C)C)c2)cccc1-c1cc(C(C)(C)C)nc(C(C)(C)C)c1. The number of hydrogen-bond acceptors (Lipinski definition) is 7. The fraction of sp³-hybridized carbons (Fsp3) is 0.348. The lowest BCUT2D eigenvalue weighted by atomic mass is 9.33. The fourth-order valence-electron chi connectivity index (χ4n) is 18.5. The van der Waals surface area contributed by atoms with Crippen LogP contribution >= 0.6 is 0 Å². The molecule has 9 nitrogen and oxygen atoms in total. The second-order valence-corrected chi connectivity index (χ2v) is 46.2. The van der Waals surface area contributed by atoms with Crippen LogP contribution in [0.5, 0.6) is 0 Å². The molecule has 2 aliphatic heterocycles. The predicted molar refractivity (Wildman–Crippen MR) is 534 cm³/mol. The van der Waals surface area contributed by atoms with Crippen molar-refractivity contribution in [3.05, 3.63) is 281 Å². The average molecular weight is 1650 g/mol. The molecular weight excluding hydrogens is 1520 g/mol. The van der Waals surface area contributed by atoms with Gasteiger partial charge in [-0.3, -0.25) is 19.9 Å². The summed E-state index contributed by atoms with van der Waals surface area (Å²) in [4.78, 5) is 27.9. The van der Waals surface area contributed by atoms with Crippen LogP contribution in [0.15, 0.2) is 218 Å². The first-order valence-electron chi connectivity index (χ1n) is 45.2. The summed E-state index contributed by atoms with van der Waals surface area (Å²) >= 11 is 0. The van der Waals surface area contributed by atoms with Crippen molar-refractivity contribution in [3.63, 3.8) is 0 Å². The number of hydrogen-bond donors (Lipinski definition) is 0. The van der Waals surface area contributed by atoms with Crippen molar-refractivity contribution in [2.45, 2.75) is 262 Å². The molecule has 15 aromatic rings. The van der Waals surface area contributed by atoms with E-state index in [-0.39, 0.29) is 60.9 Å². The highest BCUT2D eigenvalue weighted by molar-refractivity contribution is 7.00. The number of pyridine rings is 4. The van der Waals surface area contributed by atoms with Gasteiger partial charge < -0.3 is 18.9 Å². The first-order valence-corrected chi connectivity index (χ1v) is 45.2. The van der Waals surface area contributed by atoms with E-state index in [9.17, 15) is 5.26 Å². The second-order valence-electron chi connectivity index (χ2n) is 46.2. The van der Waals surface area contributed by atoms with E-state index < -0.39 is 0 Å². The highest BCUT2D eigenvalue weighted by Crippen LogP contribution is 2.56. The number of fused-ring (bicyclic) bond motifs is 10. The van der Waals surface area contributed by atoms with E-state index in [0.717, 1.165) is 174 Å². The predicted octanol–water partition coefficient (Wildman–Crippen LogP) is 29.1. The van der Waals surface area contributed by atoms with Gasteiger partial charge in [-0.25, -0.2) is 0 Å². The summed E-state index contributed by atoms with van der Waals surface area (Å²) in [6.45, 7) is 68.8. The molecular formula is C115H126BN9. The Morgan fingerprint density at radius 1 is 0.256 bits per heavy atom. The van der Waals surface area contributed by atoms with Gasteiger partial charge in [0, 0.05) is 167 Å². The van der Waals surface area contributed by atoms with E-state index in [1.54, 1.807) is 0 Å². The summed E-state index contributed by atoms with van der Waals surface area (Å²) in [7, 11) is 0. The number of para-hydroxylation sites is 3. The first-order chi connectivity index (χ1) is 58.2. The Morgan fingerprint density at radius 3 is 0.848 bits per heavy atom. The van der Waals surface area contributed by atoms with Crippen LogP contribution in [0.3, 0.4) is 0 Å². The average Bonchev–Trinajstić information content (AvgIpc) is 1.44. The maximum Gasteiger partial charge on any atom is 0.252 e. The third kappa shape index (κ3) is 15.2. The fourth-order valence-corrected chi connectivity index (χ4v) is 18.5. The Hall–Kier alpha value is -11.7. The summed E-state index contributed by atoms with van der Waals surface area (Å²) in [6.07, 6.45) is 0. The van der Waals surface area contributed by atoms with Crippen LogP contribution in [-0.2, 0) is 54.1 Å². The zero-order valence-corrected chi connectivity index (χ0v) is 79.9. The largest absolute Gasteiger partial charge is 0.310 e. The lowest BCUT2D eigenvalue weighted by Crippen LogP contribution is -2.61. The van der Waals surface area contributed by atoms with Crippen LogP contribution < -0.4 is 26.2 Å². The number of nitriles is 1.